The number of hydrogen-bond donors (Lipinski definition) is 0. The third-order valence-corrected chi connectivity index (χ3v) is 9.56. The third kappa shape index (κ3) is 2.85. The Hall–Kier alpha value is -0.260. The number of rotatable bonds is 2. The van der Waals surface area contributed by atoms with Crippen LogP contribution in [0.25, 0.3) is 0 Å². The lowest BCUT2D eigenvalue weighted by Gasteiger charge is -2.60. The fourth-order valence-corrected chi connectivity index (χ4v) is 7.42. The van der Waals surface area contributed by atoms with Gasteiger partial charge in [-0.15, -0.1) is 0 Å². The zero-order valence-electron chi connectivity index (χ0n) is 18.3. The van der Waals surface area contributed by atoms with E-state index in [0.717, 1.165) is 23.7 Å². The van der Waals surface area contributed by atoms with Crippen molar-refractivity contribution < 1.29 is 0 Å². The van der Waals surface area contributed by atoms with E-state index in [2.05, 4.69) is 40.7 Å². The van der Waals surface area contributed by atoms with Crippen molar-refractivity contribution in [2.75, 3.05) is 0 Å². The lowest BCUT2D eigenvalue weighted by molar-refractivity contribution is -0.0776. The van der Waals surface area contributed by atoms with Gasteiger partial charge in [0, 0.05) is 0 Å². The molecule has 0 spiro atoms. The molecule has 0 aromatic rings. The highest BCUT2D eigenvalue weighted by atomic mass is 14.7. The Morgan fingerprint density at radius 1 is 1.00 bits per heavy atom. The summed E-state index contributed by atoms with van der Waals surface area (Å²) in [5, 5.41) is 0. The first-order valence-corrected chi connectivity index (χ1v) is 11.5. The number of allylic oxidation sites excluding steroid dienone is 2. The lowest BCUT2D eigenvalue weighted by Crippen LogP contribution is -2.52. The molecule has 0 aromatic carbocycles. The quantitative estimate of drug-likeness (QED) is 0.445. The van der Waals surface area contributed by atoms with Crippen molar-refractivity contribution in [3.05, 3.63) is 11.6 Å². The summed E-state index contributed by atoms with van der Waals surface area (Å²) in [5.74, 6) is 3.84. The molecule has 0 nitrogen and oxygen atoms in total. The van der Waals surface area contributed by atoms with E-state index in [4.69, 9.17) is 0 Å². The molecule has 5 unspecified atom stereocenters. The second-order valence-corrected chi connectivity index (χ2v) is 10.5. The van der Waals surface area contributed by atoms with E-state index < -0.39 is 0 Å². The summed E-state index contributed by atoms with van der Waals surface area (Å²) in [6.07, 6.45) is 15.8. The Labute approximate surface area is 158 Å². The molecule has 4 aliphatic rings. The van der Waals surface area contributed by atoms with Crippen LogP contribution in [-0.4, -0.2) is 0 Å². The van der Waals surface area contributed by atoms with Gasteiger partial charge < -0.3 is 0 Å². The SMILES string of the molecule is CC.CCC1C2CC=C3C[C@@H](C)CCC3(C)C2CCC1(C)C1(C)CC1. The summed E-state index contributed by atoms with van der Waals surface area (Å²) in [5.41, 5.74) is 3.69. The van der Waals surface area contributed by atoms with Crippen molar-refractivity contribution >= 4 is 0 Å². The molecule has 0 N–H and O–H groups in total. The highest BCUT2D eigenvalue weighted by Gasteiger charge is 2.61. The third-order valence-electron chi connectivity index (χ3n) is 9.56. The van der Waals surface area contributed by atoms with E-state index in [0.29, 0.717) is 16.2 Å². The average Bonchev–Trinajstić information content (AvgIpc) is 3.36. The van der Waals surface area contributed by atoms with Gasteiger partial charge in [0.1, 0.15) is 0 Å². The van der Waals surface area contributed by atoms with Gasteiger partial charge in [0.2, 0.25) is 0 Å². The van der Waals surface area contributed by atoms with Gasteiger partial charge >= 0.3 is 0 Å². The minimum absolute atomic E-state index is 0.550. The molecule has 0 amide bonds. The highest BCUT2D eigenvalue weighted by Crippen LogP contribution is 2.70. The Kier molecular flexibility index (Phi) is 5.24. The van der Waals surface area contributed by atoms with E-state index in [1.165, 1.54) is 57.8 Å². The normalized spacial score (nSPS) is 47.6. The van der Waals surface area contributed by atoms with Crippen LogP contribution in [0.2, 0.25) is 0 Å². The van der Waals surface area contributed by atoms with E-state index in [9.17, 15) is 0 Å². The monoisotopic (exact) mass is 344 g/mol. The molecule has 0 heterocycles. The molecule has 25 heavy (non-hydrogen) atoms. The van der Waals surface area contributed by atoms with Crippen molar-refractivity contribution in [3.8, 4) is 0 Å². The molecule has 0 heteroatoms. The van der Waals surface area contributed by atoms with E-state index in [1.54, 1.807) is 0 Å². The Balaban J connectivity index is 0.000000880. The van der Waals surface area contributed by atoms with Gasteiger partial charge in [-0.1, -0.05) is 66.5 Å². The average molecular weight is 345 g/mol. The topological polar surface area (TPSA) is 0 Å². The first-order chi connectivity index (χ1) is 11.8. The van der Waals surface area contributed by atoms with Crippen LogP contribution in [0.4, 0.5) is 0 Å². The number of fused-ring (bicyclic) bond motifs is 3. The van der Waals surface area contributed by atoms with E-state index in [-0.39, 0.29) is 0 Å². The van der Waals surface area contributed by atoms with Crippen LogP contribution in [0.5, 0.6) is 0 Å². The van der Waals surface area contributed by atoms with Crippen LogP contribution in [0, 0.1) is 39.9 Å². The molecule has 0 bridgehead atoms. The highest BCUT2D eigenvalue weighted by molar-refractivity contribution is 5.25. The van der Waals surface area contributed by atoms with Crippen LogP contribution < -0.4 is 0 Å². The molecule has 3 fully saturated rings. The van der Waals surface area contributed by atoms with Crippen LogP contribution in [-0.2, 0) is 0 Å². The summed E-state index contributed by atoms with van der Waals surface area (Å²) in [6, 6.07) is 0. The largest absolute Gasteiger partial charge is 0.0845 e. The molecule has 4 rings (SSSR count). The van der Waals surface area contributed by atoms with Crippen molar-refractivity contribution in [1.29, 1.82) is 0 Å². The summed E-state index contributed by atoms with van der Waals surface area (Å²) in [4.78, 5) is 0. The summed E-state index contributed by atoms with van der Waals surface area (Å²) in [6.45, 7) is 16.9. The summed E-state index contributed by atoms with van der Waals surface area (Å²) < 4.78 is 0. The van der Waals surface area contributed by atoms with Crippen molar-refractivity contribution in [3.63, 3.8) is 0 Å². The molecule has 144 valence electrons. The summed E-state index contributed by atoms with van der Waals surface area (Å²) in [7, 11) is 0. The minimum Gasteiger partial charge on any atom is -0.0845 e. The van der Waals surface area contributed by atoms with Gasteiger partial charge in [0.25, 0.3) is 0 Å². The Morgan fingerprint density at radius 2 is 1.68 bits per heavy atom. The molecule has 4 aliphatic carbocycles. The smallest absolute Gasteiger partial charge is 0.00851 e. The van der Waals surface area contributed by atoms with Crippen LogP contribution in [0.15, 0.2) is 11.6 Å². The van der Waals surface area contributed by atoms with E-state index in [1.807, 2.05) is 19.4 Å². The van der Waals surface area contributed by atoms with Gasteiger partial charge in [-0.05, 0) is 91.3 Å². The van der Waals surface area contributed by atoms with Gasteiger partial charge in [-0.25, -0.2) is 0 Å². The Morgan fingerprint density at radius 3 is 2.28 bits per heavy atom. The van der Waals surface area contributed by atoms with Crippen LogP contribution >= 0.6 is 0 Å². The summed E-state index contributed by atoms with van der Waals surface area (Å²) >= 11 is 0. The van der Waals surface area contributed by atoms with Gasteiger partial charge in [0.15, 0.2) is 0 Å². The molecular formula is C25H44. The second kappa shape index (κ2) is 6.72. The second-order valence-electron chi connectivity index (χ2n) is 10.5. The maximum absolute atomic E-state index is 2.72. The van der Waals surface area contributed by atoms with Crippen LogP contribution in [0.1, 0.15) is 106 Å². The van der Waals surface area contributed by atoms with Crippen LogP contribution in [0.3, 0.4) is 0 Å². The first-order valence-electron chi connectivity index (χ1n) is 11.5. The lowest BCUT2D eigenvalue weighted by atomic mass is 9.44. The van der Waals surface area contributed by atoms with Crippen molar-refractivity contribution in [2.24, 2.45) is 39.9 Å². The predicted octanol–water partition coefficient (Wildman–Crippen LogP) is 8.03. The number of hydrogen-bond acceptors (Lipinski definition) is 0. The molecule has 6 atom stereocenters. The van der Waals surface area contributed by atoms with Gasteiger partial charge in [-0.3, -0.25) is 0 Å². The maximum atomic E-state index is 2.72. The Bertz CT molecular complexity index is 510. The fourth-order valence-electron chi connectivity index (χ4n) is 7.42. The van der Waals surface area contributed by atoms with Crippen molar-refractivity contribution in [1.82, 2.24) is 0 Å². The minimum atomic E-state index is 0.550. The first kappa shape index (κ1) is 19.5. The fraction of sp³-hybridized carbons (Fsp3) is 0.920. The molecule has 0 aliphatic heterocycles. The zero-order chi connectivity index (χ0) is 18.5. The molecule has 0 saturated heterocycles. The molecule has 0 aromatic heterocycles. The molecule has 0 radical (unpaired) electrons. The predicted molar refractivity (Wildman–Crippen MR) is 111 cm³/mol. The van der Waals surface area contributed by atoms with E-state index >= 15 is 0 Å². The molecule has 3 saturated carbocycles. The molecular weight excluding hydrogens is 300 g/mol. The standard InChI is InChI=1S/C23H38.C2H6/c1-6-19-18-8-7-17-15-16(2)9-11-22(17,4)20(18)10-12-23(19,5)21(3)13-14-21;1-2/h7,16,18-20H,6,8-15H2,1-5H3;1-2H3/t16-,18?,19?,20?,22?,23?;/m0./s1. The zero-order valence-corrected chi connectivity index (χ0v) is 18.3. The van der Waals surface area contributed by atoms with Crippen molar-refractivity contribution in [2.45, 2.75) is 106 Å². The maximum Gasteiger partial charge on any atom is -0.00851 e. The van der Waals surface area contributed by atoms with Gasteiger partial charge in [-0.2, -0.15) is 0 Å². The van der Waals surface area contributed by atoms with Gasteiger partial charge in [0.05, 0.1) is 0 Å².